The number of pyridine rings is 1. The number of non-ortho nitro benzene ring substituents is 1. The SMILES string of the molecule is O=c1[nH]c(-c2cccc([N+](=O)[O-])c2)ccc1CBr. The highest BCUT2D eigenvalue weighted by molar-refractivity contribution is 9.08. The molecule has 0 amide bonds. The van der Waals surface area contributed by atoms with Crippen molar-refractivity contribution in [2.45, 2.75) is 5.33 Å². The predicted octanol–water partition coefficient (Wildman–Crippen LogP) is 2.85. The van der Waals surface area contributed by atoms with Gasteiger partial charge in [0, 0.05) is 34.3 Å². The van der Waals surface area contributed by atoms with Crippen molar-refractivity contribution >= 4 is 21.6 Å². The number of nitro groups is 1. The number of aromatic amines is 1. The van der Waals surface area contributed by atoms with Crippen LogP contribution in [-0.4, -0.2) is 9.91 Å². The molecule has 2 aromatic rings. The van der Waals surface area contributed by atoms with Gasteiger partial charge in [0.2, 0.25) is 0 Å². The molecule has 0 saturated heterocycles. The van der Waals surface area contributed by atoms with E-state index in [1.807, 2.05) is 0 Å². The standard InChI is InChI=1S/C12H9BrN2O3/c13-7-9-4-5-11(14-12(9)16)8-2-1-3-10(6-8)15(17)18/h1-6H,7H2,(H,14,16). The fourth-order valence-electron chi connectivity index (χ4n) is 1.56. The molecular formula is C12H9BrN2O3. The summed E-state index contributed by atoms with van der Waals surface area (Å²) in [5.74, 6) is 0. The zero-order valence-electron chi connectivity index (χ0n) is 9.22. The number of nitrogens with zero attached hydrogens (tertiary/aromatic N) is 1. The lowest BCUT2D eigenvalue weighted by atomic mass is 10.1. The highest BCUT2D eigenvalue weighted by atomic mass is 79.9. The van der Waals surface area contributed by atoms with Crippen molar-refractivity contribution in [2.75, 3.05) is 0 Å². The van der Waals surface area contributed by atoms with Gasteiger partial charge in [-0.05, 0) is 6.07 Å². The van der Waals surface area contributed by atoms with Gasteiger partial charge >= 0.3 is 0 Å². The number of nitrogens with one attached hydrogen (secondary N) is 1. The molecule has 1 heterocycles. The fraction of sp³-hybridized carbons (Fsp3) is 0.0833. The van der Waals surface area contributed by atoms with Crippen LogP contribution < -0.4 is 5.56 Å². The van der Waals surface area contributed by atoms with Gasteiger partial charge in [-0.25, -0.2) is 0 Å². The Morgan fingerprint density at radius 3 is 2.67 bits per heavy atom. The van der Waals surface area contributed by atoms with Crippen molar-refractivity contribution in [1.82, 2.24) is 4.98 Å². The topological polar surface area (TPSA) is 76.0 Å². The van der Waals surface area contributed by atoms with Gasteiger partial charge in [0.1, 0.15) is 0 Å². The van der Waals surface area contributed by atoms with Crippen molar-refractivity contribution in [3.8, 4) is 11.3 Å². The van der Waals surface area contributed by atoms with Gasteiger partial charge in [0.15, 0.2) is 0 Å². The first-order valence-corrected chi connectivity index (χ1v) is 6.27. The summed E-state index contributed by atoms with van der Waals surface area (Å²) in [6.45, 7) is 0. The molecule has 6 heteroatoms. The summed E-state index contributed by atoms with van der Waals surface area (Å²) < 4.78 is 0. The minimum atomic E-state index is -0.464. The highest BCUT2D eigenvalue weighted by Crippen LogP contribution is 2.21. The molecule has 1 aromatic heterocycles. The van der Waals surface area contributed by atoms with E-state index in [1.54, 1.807) is 24.3 Å². The monoisotopic (exact) mass is 308 g/mol. The van der Waals surface area contributed by atoms with Crippen LogP contribution in [0.2, 0.25) is 0 Å². The molecule has 0 bridgehead atoms. The maximum Gasteiger partial charge on any atom is 0.270 e. The molecule has 0 fully saturated rings. The number of hydrogen-bond donors (Lipinski definition) is 1. The number of nitro benzene ring substituents is 1. The molecular weight excluding hydrogens is 300 g/mol. The molecule has 0 saturated carbocycles. The first-order valence-electron chi connectivity index (χ1n) is 5.15. The van der Waals surface area contributed by atoms with E-state index in [9.17, 15) is 14.9 Å². The third-order valence-electron chi connectivity index (χ3n) is 2.50. The lowest BCUT2D eigenvalue weighted by Gasteiger charge is -2.02. The van der Waals surface area contributed by atoms with E-state index in [1.165, 1.54) is 12.1 Å². The second kappa shape index (κ2) is 5.14. The number of alkyl halides is 1. The average molecular weight is 309 g/mol. The van der Waals surface area contributed by atoms with Crippen LogP contribution in [0.3, 0.4) is 0 Å². The summed E-state index contributed by atoms with van der Waals surface area (Å²) in [7, 11) is 0. The van der Waals surface area contributed by atoms with Crippen molar-refractivity contribution in [1.29, 1.82) is 0 Å². The summed E-state index contributed by atoms with van der Waals surface area (Å²) >= 11 is 3.21. The van der Waals surface area contributed by atoms with Crippen LogP contribution in [0.4, 0.5) is 5.69 Å². The van der Waals surface area contributed by atoms with Crippen LogP contribution in [0.5, 0.6) is 0 Å². The van der Waals surface area contributed by atoms with Crippen molar-refractivity contribution in [3.63, 3.8) is 0 Å². The molecule has 0 atom stereocenters. The lowest BCUT2D eigenvalue weighted by molar-refractivity contribution is -0.384. The zero-order valence-corrected chi connectivity index (χ0v) is 10.8. The van der Waals surface area contributed by atoms with Crippen molar-refractivity contribution in [2.24, 2.45) is 0 Å². The van der Waals surface area contributed by atoms with E-state index >= 15 is 0 Å². The molecule has 5 nitrogen and oxygen atoms in total. The van der Waals surface area contributed by atoms with E-state index < -0.39 is 4.92 Å². The number of rotatable bonds is 3. The lowest BCUT2D eigenvalue weighted by Crippen LogP contribution is -2.11. The van der Waals surface area contributed by atoms with E-state index in [4.69, 9.17) is 0 Å². The van der Waals surface area contributed by atoms with Gasteiger partial charge in [-0.2, -0.15) is 0 Å². The molecule has 0 aliphatic carbocycles. The van der Waals surface area contributed by atoms with Gasteiger partial charge in [0.25, 0.3) is 11.2 Å². The van der Waals surface area contributed by atoms with E-state index in [-0.39, 0.29) is 11.2 Å². The van der Waals surface area contributed by atoms with Crippen molar-refractivity contribution in [3.05, 3.63) is 62.4 Å². The Balaban J connectivity index is 2.49. The molecule has 0 aliphatic rings. The fourth-order valence-corrected chi connectivity index (χ4v) is 2.01. The van der Waals surface area contributed by atoms with Crippen LogP contribution in [0, 0.1) is 10.1 Å². The summed E-state index contributed by atoms with van der Waals surface area (Å²) in [5, 5.41) is 11.1. The van der Waals surface area contributed by atoms with Crippen LogP contribution >= 0.6 is 15.9 Å². The number of benzene rings is 1. The Kier molecular flexibility index (Phi) is 3.57. The molecule has 1 N–H and O–H groups in total. The Morgan fingerprint density at radius 1 is 1.28 bits per heavy atom. The van der Waals surface area contributed by atoms with E-state index in [0.717, 1.165) is 0 Å². The van der Waals surface area contributed by atoms with Crippen LogP contribution in [-0.2, 0) is 5.33 Å². The summed E-state index contributed by atoms with van der Waals surface area (Å²) in [5.41, 5.74) is 1.59. The van der Waals surface area contributed by atoms with E-state index in [0.29, 0.717) is 22.2 Å². The molecule has 0 unspecified atom stereocenters. The molecule has 92 valence electrons. The maximum atomic E-state index is 11.6. The Hall–Kier alpha value is -1.95. The van der Waals surface area contributed by atoms with Gasteiger partial charge in [0.05, 0.1) is 4.92 Å². The number of H-pyrrole nitrogens is 1. The van der Waals surface area contributed by atoms with Gasteiger partial charge in [-0.3, -0.25) is 14.9 Å². The third-order valence-corrected chi connectivity index (χ3v) is 3.11. The number of aromatic nitrogens is 1. The quantitative estimate of drug-likeness (QED) is 0.538. The predicted molar refractivity (Wildman–Crippen MR) is 71.8 cm³/mol. The molecule has 0 spiro atoms. The Morgan fingerprint density at radius 2 is 2.06 bits per heavy atom. The van der Waals surface area contributed by atoms with Gasteiger partial charge in [-0.15, -0.1) is 0 Å². The van der Waals surface area contributed by atoms with Crippen LogP contribution in [0.1, 0.15) is 5.56 Å². The van der Waals surface area contributed by atoms with Crippen molar-refractivity contribution < 1.29 is 4.92 Å². The molecule has 2 rings (SSSR count). The van der Waals surface area contributed by atoms with Crippen LogP contribution in [0.25, 0.3) is 11.3 Å². The second-order valence-electron chi connectivity index (χ2n) is 3.67. The normalized spacial score (nSPS) is 10.3. The van der Waals surface area contributed by atoms with Gasteiger partial charge in [-0.1, -0.05) is 34.1 Å². The first kappa shape index (κ1) is 12.5. The summed E-state index contributed by atoms with van der Waals surface area (Å²) in [4.78, 5) is 24.6. The van der Waals surface area contributed by atoms with Gasteiger partial charge < -0.3 is 4.98 Å². The highest BCUT2D eigenvalue weighted by Gasteiger charge is 2.08. The smallest absolute Gasteiger partial charge is 0.270 e. The second-order valence-corrected chi connectivity index (χ2v) is 4.23. The Bertz CT molecular complexity index is 652. The number of halogens is 1. The molecule has 18 heavy (non-hydrogen) atoms. The first-order chi connectivity index (χ1) is 8.61. The summed E-state index contributed by atoms with van der Waals surface area (Å²) in [6.07, 6.45) is 0. The molecule has 0 aliphatic heterocycles. The van der Waals surface area contributed by atoms with E-state index in [2.05, 4.69) is 20.9 Å². The van der Waals surface area contributed by atoms with Crippen LogP contribution in [0.15, 0.2) is 41.2 Å². The largest absolute Gasteiger partial charge is 0.322 e. The summed E-state index contributed by atoms with van der Waals surface area (Å²) in [6, 6.07) is 9.57. The molecule has 0 radical (unpaired) electrons. The zero-order chi connectivity index (χ0) is 13.1. The maximum absolute atomic E-state index is 11.6. The third kappa shape index (κ3) is 2.48. The number of hydrogen-bond acceptors (Lipinski definition) is 3. The minimum absolute atomic E-state index is 0.00193. The molecule has 1 aromatic carbocycles. The minimum Gasteiger partial charge on any atom is -0.322 e. The average Bonchev–Trinajstić information content (AvgIpc) is 2.38. The Labute approximate surface area is 111 Å².